The second-order valence-electron chi connectivity index (χ2n) is 4.42. The van der Waals surface area contributed by atoms with Gasteiger partial charge in [0.1, 0.15) is 24.1 Å². The molecule has 10 nitrogen and oxygen atoms in total. The van der Waals surface area contributed by atoms with E-state index in [0.29, 0.717) is 11.2 Å². The minimum atomic E-state index is -1.06. The third kappa shape index (κ3) is 1.82. The summed E-state index contributed by atoms with van der Waals surface area (Å²) in [5.41, 5.74) is 6.54. The normalized spacial score (nSPS) is 30.1. The lowest BCUT2D eigenvalue weighted by Crippen LogP contribution is -2.37. The second kappa shape index (κ2) is 4.92. The first-order valence-corrected chi connectivity index (χ1v) is 5.90. The third-order valence-electron chi connectivity index (χ3n) is 3.31. The molecule has 0 saturated carbocycles. The zero-order valence-electron chi connectivity index (χ0n) is 10.3. The van der Waals surface area contributed by atoms with Crippen LogP contribution in [0.2, 0.25) is 0 Å². The van der Waals surface area contributed by atoms with Gasteiger partial charge in [-0.1, -0.05) is 0 Å². The standard InChI is InChI=1S/C10H14N6O4/c11-8-5-9(14-2-13-8)16(3-15-5)10-7(20-12)6(18)4(1-17)19-10/h2-4,6-7,10,17-18H,1,12H2,(H2,11,13,14)/t4-,6?,7?,10-/m1/s1. The second-order valence-corrected chi connectivity index (χ2v) is 4.42. The van der Waals surface area contributed by atoms with Gasteiger partial charge in [0.2, 0.25) is 0 Å². The summed E-state index contributed by atoms with van der Waals surface area (Å²) in [4.78, 5) is 16.8. The van der Waals surface area contributed by atoms with Crippen LogP contribution in [0.4, 0.5) is 5.82 Å². The Labute approximate surface area is 112 Å². The van der Waals surface area contributed by atoms with Crippen LogP contribution in [-0.2, 0) is 9.57 Å². The summed E-state index contributed by atoms with van der Waals surface area (Å²) < 4.78 is 7.07. The Morgan fingerprint density at radius 1 is 1.40 bits per heavy atom. The van der Waals surface area contributed by atoms with E-state index in [1.165, 1.54) is 17.2 Å². The Hall–Kier alpha value is -1.85. The van der Waals surface area contributed by atoms with Gasteiger partial charge in [-0.15, -0.1) is 0 Å². The average molecular weight is 282 g/mol. The number of ether oxygens (including phenoxy) is 1. The van der Waals surface area contributed by atoms with Gasteiger partial charge in [-0.25, -0.2) is 20.8 Å². The minimum Gasteiger partial charge on any atom is -0.394 e. The van der Waals surface area contributed by atoms with E-state index in [2.05, 4.69) is 15.0 Å². The van der Waals surface area contributed by atoms with Crippen LogP contribution in [0, 0.1) is 0 Å². The van der Waals surface area contributed by atoms with Crippen molar-refractivity contribution in [3.63, 3.8) is 0 Å². The molecule has 1 aliphatic heterocycles. The molecule has 0 bridgehead atoms. The highest BCUT2D eigenvalue weighted by molar-refractivity contribution is 5.81. The SMILES string of the molecule is NOC1C(O)[C@@H](CO)O[C@H]1n1cnc2c(N)ncnc21. The Morgan fingerprint density at radius 2 is 2.20 bits per heavy atom. The molecule has 0 amide bonds. The van der Waals surface area contributed by atoms with Gasteiger partial charge in [-0.05, 0) is 0 Å². The van der Waals surface area contributed by atoms with Gasteiger partial charge < -0.3 is 20.7 Å². The van der Waals surface area contributed by atoms with E-state index in [1.807, 2.05) is 0 Å². The van der Waals surface area contributed by atoms with E-state index >= 15 is 0 Å². The topological polar surface area (TPSA) is 155 Å². The number of aliphatic hydroxyl groups excluding tert-OH is 2. The molecule has 2 unspecified atom stereocenters. The molecule has 1 fully saturated rings. The number of hydrogen-bond acceptors (Lipinski definition) is 9. The van der Waals surface area contributed by atoms with Gasteiger partial charge in [-0.3, -0.25) is 9.40 Å². The summed E-state index contributed by atoms with van der Waals surface area (Å²) in [5, 5.41) is 19.1. The fourth-order valence-corrected chi connectivity index (χ4v) is 2.30. The maximum Gasteiger partial charge on any atom is 0.168 e. The Balaban J connectivity index is 2.04. The molecule has 1 aliphatic rings. The van der Waals surface area contributed by atoms with Crippen LogP contribution in [0.25, 0.3) is 11.2 Å². The molecule has 1 saturated heterocycles. The molecule has 20 heavy (non-hydrogen) atoms. The van der Waals surface area contributed by atoms with Crippen LogP contribution in [0.15, 0.2) is 12.7 Å². The molecule has 2 aromatic heterocycles. The number of hydrogen-bond donors (Lipinski definition) is 4. The van der Waals surface area contributed by atoms with Crippen LogP contribution >= 0.6 is 0 Å². The molecule has 3 heterocycles. The van der Waals surface area contributed by atoms with Crippen LogP contribution < -0.4 is 11.6 Å². The van der Waals surface area contributed by atoms with Crippen molar-refractivity contribution in [3.05, 3.63) is 12.7 Å². The van der Waals surface area contributed by atoms with Gasteiger partial charge >= 0.3 is 0 Å². The highest BCUT2D eigenvalue weighted by atomic mass is 16.7. The smallest absolute Gasteiger partial charge is 0.168 e. The maximum atomic E-state index is 9.96. The summed E-state index contributed by atoms with van der Waals surface area (Å²) in [6, 6.07) is 0. The molecular formula is C10H14N6O4. The monoisotopic (exact) mass is 282 g/mol. The first-order valence-electron chi connectivity index (χ1n) is 5.90. The number of nitrogens with two attached hydrogens (primary N) is 2. The average Bonchev–Trinajstić information content (AvgIpc) is 3.00. The molecule has 3 rings (SSSR count). The van der Waals surface area contributed by atoms with Crippen LogP contribution in [0.3, 0.4) is 0 Å². The highest BCUT2D eigenvalue weighted by Crippen LogP contribution is 2.32. The Morgan fingerprint density at radius 3 is 2.90 bits per heavy atom. The fraction of sp³-hybridized carbons (Fsp3) is 0.500. The predicted octanol–water partition coefficient (Wildman–Crippen LogP) is -2.08. The summed E-state index contributed by atoms with van der Waals surface area (Å²) >= 11 is 0. The molecular weight excluding hydrogens is 268 g/mol. The summed E-state index contributed by atoms with van der Waals surface area (Å²) in [7, 11) is 0. The molecule has 0 radical (unpaired) electrons. The van der Waals surface area contributed by atoms with E-state index in [0.717, 1.165) is 0 Å². The fourth-order valence-electron chi connectivity index (χ4n) is 2.30. The van der Waals surface area contributed by atoms with Crippen molar-refractivity contribution in [2.45, 2.75) is 24.5 Å². The van der Waals surface area contributed by atoms with Crippen molar-refractivity contribution in [1.82, 2.24) is 19.5 Å². The van der Waals surface area contributed by atoms with Crippen molar-refractivity contribution >= 4 is 17.0 Å². The molecule has 108 valence electrons. The van der Waals surface area contributed by atoms with Gasteiger partial charge in [0.05, 0.1) is 12.9 Å². The van der Waals surface area contributed by atoms with E-state index in [9.17, 15) is 10.2 Å². The van der Waals surface area contributed by atoms with Gasteiger partial charge in [0.25, 0.3) is 0 Å². The lowest BCUT2D eigenvalue weighted by Gasteiger charge is -2.19. The number of aliphatic hydroxyl groups is 2. The lowest BCUT2D eigenvalue weighted by molar-refractivity contribution is -0.0717. The highest BCUT2D eigenvalue weighted by Gasteiger charge is 2.45. The Kier molecular flexibility index (Phi) is 3.23. The van der Waals surface area contributed by atoms with Gasteiger partial charge in [-0.2, -0.15) is 0 Å². The summed E-state index contributed by atoms with van der Waals surface area (Å²) in [5.74, 6) is 5.43. The van der Waals surface area contributed by atoms with Crippen molar-refractivity contribution < 1.29 is 19.8 Å². The number of nitrogens with zero attached hydrogens (tertiary/aromatic N) is 4. The lowest BCUT2D eigenvalue weighted by atomic mass is 10.1. The van der Waals surface area contributed by atoms with Gasteiger partial charge in [0.15, 0.2) is 23.8 Å². The minimum absolute atomic E-state index is 0.233. The van der Waals surface area contributed by atoms with Gasteiger partial charge in [0, 0.05) is 0 Å². The maximum absolute atomic E-state index is 9.96. The summed E-state index contributed by atoms with van der Waals surface area (Å²) in [6.45, 7) is -0.360. The number of anilines is 1. The van der Waals surface area contributed by atoms with Crippen LogP contribution in [0.1, 0.15) is 6.23 Å². The van der Waals surface area contributed by atoms with E-state index < -0.39 is 24.5 Å². The third-order valence-corrected chi connectivity index (χ3v) is 3.31. The molecule has 10 heteroatoms. The first kappa shape index (κ1) is 13.1. The molecule has 0 aromatic carbocycles. The number of fused-ring (bicyclic) bond motifs is 1. The van der Waals surface area contributed by atoms with E-state index in [-0.39, 0.29) is 12.4 Å². The molecule has 4 atom stereocenters. The molecule has 0 spiro atoms. The largest absolute Gasteiger partial charge is 0.394 e. The first-order chi connectivity index (χ1) is 9.67. The molecule has 0 aliphatic carbocycles. The zero-order chi connectivity index (χ0) is 14.3. The quantitative estimate of drug-likeness (QED) is 0.464. The predicted molar refractivity (Wildman–Crippen MR) is 65.8 cm³/mol. The van der Waals surface area contributed by atoms with E-state index in [1.54, 1.807) is 0 Å². The van der Waals surface area contributed by atoms with Crippen molar-refractivity contribution in [1.29, 1.82) is 0 Å². The number of rotatable bonds is 3. The zero-order valence-corrected chi connectivity index (χ0v) is 10.3. The van der Waals surface area contributed by atoms with Crippen LogP contribution in [0.5, 0.6) is 0 Å². The Bertz CT molecular complexity index is 619. The van der Waals surface area contributed by atoms with Crippen molar-refractivity contribution in [2.75, 3.05) is 12.3 Å². The molecule has 2 aromatic rings. The number of aromatic nitrogens is 4. The summed E-state index contributed by atoms with van der Waals surface area (Å²) in [6.07, 6.45) is -0.758. The number of imidazole rings is 1. The molecule has 6 N–H and O–H groups in total. The van der Waals surface area contributed by atoms with Crippen LogP contribution in [-0.4, -0.2) is 54.7 Å². The van der Waals surface area contributed by atoms with E-state index in [4.69, 9.17) is 21.2 Å². The van der Waals surface area contributed by atoms with Crippen molar-refractivity contribution in [2.24, 2.45) is 5.90 Å². The van der Waals surface area contributed by atoms with Crippen molar-refractivity contribution in [3.8, 4) is 0 Å². The number of nitrogen functional groups attached to an aromatic ring is 1.